The van der Waals surface area contributed by atoms with Crippen LogP contribution < -0.4 is 4.90 Å². The molecule has 4 rings (SSSR count). The molecule has 1 aliphatic rings. The zero-order valence-corrected chi connectivity index (χ0v) is 22.8. The van der Waals surface area contributed by atoms with Crippen LogP contribution in [0.2, 0.25) is 25.7 Å². The van der Waals surface area contributed by atoms with Crippen LogP contribution in [0.25, 0.3) is 16.9 Å². The number of nitrogens with zero attached hydrogens (tertiary/aromatic N) is 6. The van der Waals surface area contributed by atoms with Crippen molar-refractivity contribution in [1.29, 1.82) is 0 Å². The summed E-state index contributed by atoms with van der Waals surface area (Å²) in [4.78, 5) is 7.04. The lowest BCUT2D eigenvalue weighted by molar-refractivity contribution is 0.0785. The number of hydrogen-bond donors (Lipinski definition) is 0. The van der Waals surface area contributed by atoms with Gasteiger partial charge >= 0.3 is 0 Å². The van der Waals surface area contributed by atoms with E-state index in [-0.39, 0.29) is 12.6 Å². The third-order valence-electron chi connectivity index (χ3n) is 5.77. The zero-order chi connectivity index (χ0) is 25.2. The molecule has 192 valence electrons. The highest BCUT2D eigenvalue weighted by Gasteiger charge is 2.23. The van der Waals surface area contributed by atoms with Gasteiger partial charge < -0.3 is 14.4 Å². The second-order valence-corrected chi connectivity index (χ2v) is 17.3. The van der Waals surface area contributed by atoms with Gasteiger partial charge in [0, 0.05) is 38.9 Å². The number of rotatable bonds is 10. The molecule has 0 unspecified atom stereocenters. The van der Waals surface area contributed by atoms with Crippen LogP contribution >= 0.6 is 0 Å². The highest BCUT2D eigenvalue weighted by Crippen LogP contribution is 2.27. The Bertz CT molecular complexity index is 1270. The lowest BCUT2D eigenvalue weighted by atomic mass is 10.1. The Morgan fingerprint density at radius 2 is 2.06 bits per heavy atom. The Morgan fingerprint density at radius 1 is 1.26 bits per heavy atom. The van der Waals surface area contributed by atoms with Crippen LogP contribution in [-0.2, 0) is 37.1 Å². The van der Waals surface area contributed by atoms with Gasteiger partial charge in [-0.2, -0.15) is 23.3 Å². The molecular weight excluding hydrogens is 488 g/mol. The molecular formula is C22H34N6O5SSi. The Hall–Kier alpha value is -2.32. The first-order valence-corrected chi connectivity index (χ1v) is 17.2. The zero-order valence-electron chi connectivity index (χ0n) is 21.0. The van der Waals surface area contributed by atoms with Gasteiger partial charge in [0.05, 0.1) is 38.3 Å². The Morgan fingerprint density at radius 3 is 2.77 bits per heavy atom. The third-order valence-corrected chi connectivity index (χ3v) is 8.02. The molecule has 0 aromatic carbocycles. The van der Waals surface area contributed by atoms with Gasteiger partial charge in [-0.1, -0.05) is 19.6 Å². The average molecular weight is 523 g/mol. The van der Waals surface area contributed by atoms with Gasteiger partial charge in [-0.25, -0.2) is 9.67 Å². The van der Waals surface area contributed by atoms with E-state index in [1.165, 1.54) is 0 Å². The number of ether oxygens (including phenoxy) is 2. The second-order valence-electron chi connectivity index (χ2n) is 10.1. The monoisotopic (exact) mass is 522 g/mol. The molecule has 0 spiro atoms. The molecule has 1 fully saturated rings. The highest BCUT2D eigenvalue weighted by molar-refractivity contribution is 7.85. The van der Waals surface area contributed by atoms with Crippen LogP contribution in [0.4, 0.5) is 5.82 Å². The smallest absolute Gasteiger partial charge is 0.264 e. The van der Waals surface area contributed by atoms with Crippen molar-refractivity contribution in [3.63, 3.8) is 0 Å². The molecule has 0 N–H and O–H groups in total. The number of fused-ring (bicyclic) bond motifs is 1. The molecule has 35 heavy (non-hydrogen) atoms. The summed E-state index contributed by atoms with van der Waals surface area (Å²) >= 11 is 0. The fourth-order valence-electron chi connectivity index (χ4n) is 3.79. The molecule has 0 saturated carbocycles. The molecule has 1 atom stereocenters. The number of aromatic nitrogens is 5. The minimum absolute atomic E-state index is 0.103. The minimum atomic E-state index is -3.61. The maximum Gasteiger partial charge on any atom is 0.264 e. The fourth-order valence-corrected chi connectivity index (χ4v) is 4.89. The van der Waals surface area contributed by atoms with Crippen molar-refractivity contribution < 1.29 is 22.1 Å². The fraction of sp³-hybridized carbons (Fsp3) is 0.591. The third kappa shape index (κ3) is 6.67. The van der Waals surface area contributed by atoms with Gasteiger partial charge in [0.2, 0.25) is 0 Å². The van der Waals surface area contributed by atoms with Gasteiger partial charge in [0.25, 0.3) is 10.1 Å². The minimum Gasteiger partial charge on any atom is -0.377 e. The van der Waals surface area contributed by atoms with Crippen molar-refractivity contribution in [1.82, 2.24) is 24.5 Å². The van der Waals surface area contributed by atoms with E-state index in [1.807, 2.05) is 18.3 Å². The Kier molecular flexibility index (Phi) is 7.62. The van der Waals surface area contributed by atoms with E-state index in [4.69, 9.17) is 18.6 Å². The molecule has 0 amide bonds. The van der Waals surface area contributed by atoms with E-state index in [2.05, 4.69) is 41.7 Å². The van der Waals surface area contributed by atoms with Gasteiger partial charge in [0.15, 0.2) is 11.5 Å². The van der Waals surface area contributed by atoms with Crippen molar-refractivity contribution in [2.24, 2.45) is 0 Å². The van der Waals surface area contributed by atoms with E-state index in [0.717, 1.165) is 18.1 Å². The molecule has 11 nitrogen and oxygen atoms in total. The number of anilines is 1. The van der Waals surface area contributed by atoms with Gasteiger partial charge in [-0.05, 0) is 24.6 Å². The van der Waals surface area contributed by atoms with Crippen molar-refractivity contribution in [3.8, 4) is 5.82 Å². The first-order chi connectivity index (χ1) is 16.5. The van der Waals surface area contributed by atoms with E-state index in [0.29, 0.717) is 55.5 Å². The largest absolute Gasteiger partial charge is 0.377 e. The summed E-state index contributed by atoms with van der Waals surface area (Å²) in [7, 11) is -4.76. The standard InChI is InChI=1S/C22H34N6O5SSi/c1-17-14-31-9-8-27(17)21-12-18(15-33-34(2,29)30)19-13-23-28(22(19)24-21)20-6-7-26(25-20)16-32-10-11-35(3,4)5/h6-7,12-13,17H,8-11,14-16H2,1-5H3/t17-/m1/s1. The van der Waals surface area contributed by atoms with Gasteiger partial charge in [0.1, 0.15) is 12.5 Å². The van der Waals surface area contributed by atoms with Crippen LogP contribution in [0.5, 0.6) is 0 Å². The lowest BCUT2D eigenvalue weighted by Crippen LogP contribution is -2.44. The summed E-state index contributed by atoms with van der Waals surface area (Å²) in [6, 6.07) is 4.94. The van der Waals surface area contributed by atoms with Crippen LogP contribution in [0.1, 0.15) is 12.5 Å². The maximum absolute atomic E-state index is 11.7. The summed E-state index contributed by atoms with van der Waals surface area (Å²) in [5, 5.41) is 9.83. The van der Waals surface area contributed by atoms with Gasteiger partial charge in [-0.15, -0.1) is 0 Å². The van der Waals surface area contributed by atoms with Crippen molar-refractivity contribution in [2.75, 3.05) is 37.5 Å². The molecule has 0 aliphatic carbocycles. The van der Waals surface area contributed by atoms with Crippen LogP contribution in [0.3, 0.4) is 0 Å². The topological polar surface area (TPSA) is 114 Å². The second kappa shape index (κ2) is 10.3. The Labute approximate surface area is 207 Å². The quantitative estimate of drug-likeness (QED) is 0.225. The molecule has 1 saturated heterocycles. The SMILES string of the molecule is C[C@@H]1COCCN1c1cc(COS(C)(=O)=O)c2cnn(-c3ccn(COCC[Si](C)(C)C)n3)c2n1. The lowest BCUT2D eigenvalue weighted by Gasteiger charge is -2.34. The Balaban J connectivity index is 1.64. The number of pyridine rings is 1. The van der Waals surface area contributed by atoms with Crippen LogP contribution in [0, 0.1) is 0 Å². The summed E-state index contributed by atoms with van der Waals surface area (Å²) in [5.74, 6) is 1.32. The molecule has 3 aromatic heterocycles. The van der Waals surface area contributed by atoms with Crippen molar-refractivity contribution in [2.45, 2.75) is 52.0 Å². The summed E-state index contributed by atoms with van der Waals surface area (Å²) in [5.41, 5.74) is 1.27. The molecule has 1 aliphatic heterocycles. The molecule has 0 radical (unpaired) electrons. The van der Waals surface area contributed by atoms with Gasteiger partial charge in [-0.3, -0.25) is 4.18 Å². The predicted octanol–water partition coefficient (Wildman–Crippen LogP) is 2.63. The normalized spacial score (nSPS) is 17.4. The van der Waals surface area contributed by atoms with E-state index in [1.54, 1.807) is 15.6 Å². The average Bonchev–Trinajstić information content (AvgIpc) is 3.41. The first-order valence-electron chi connectivity index (χ1n) is 11.7. The first kappa shape index (κ1) is 25.8. The summed E-state index contributed by atoms with van der Waals surface area (Å²) in [6.07, 6.45) is 4.55. The molecule has 13 heteroatoms. The highest BCUT2D eigenvalue weighted by atomic mass is 32.2. The molecule has 4 heterocycles. The van der Waals surface area contributed by atoms with Crippen LogP contribution in [-0.4, -0.2) is 79.7 Å². The molecule has 3 aromatic rings. The number of hydrogen-bond acceptors (Lipinski definition) is 9. The summed E-state index contributed by atoms with van der Waals surface area (Å²) < 4.78 is 43.2. The predicted molar refractivity (Wildman–Crippen MR) is 136 cm³/mol. The van der Waals surface area contributed by atoms with Crippen molar-refractivity contribution in [3.05, 3.63) is 30.1 Å². The van der Waals surface area contributed by atoms with Crippen LogP contribution in [0.15, 0.2) is 24.5 Å². The van der Waals surface area contributed by atoms with Crippen molar-refractivity contribution >= 4 is 35.0 Å². The summed E-state index contributed by atoms with van der Waals surface area (Å²) in [6.45, 7) is 11.9. The molecule has 0 bridgehead atoms. The maximum atomic E-state index is 11.7. The van der Waals surface area contributed by atoms with E-state index >= 15 is 0 Å². The van der Waals surface area contributed by atoms with E-state index < -0.39 is 18.2 Å². The van der Waals surface area contributed by atoms with E-state index in [9.17, 15) is 8.42 Å². The number of morpholine rings is 1.